The summed E-state index contributed by atoms with van der Waals surface area (Å²) in [6.07, 6.45) is 0. The van der Waals surface area contributed by atoms with Crippen molar-refractivity contribution in [2.75, 3.05) is 13.2 Å². The fraction of sp³-hybridized carbons (Fsp3) is 0.667. The largest absolute Gasteiger partial charge is 0.394 e. The Hall–Kier alpha value is -0.380. The van der Waals surface area contributed by atoms with Crippen LogP contribution in [0.25, 0.3) is 0 Å². The molecule has 0 aliphatic heterocycles. The molecule has 1 aromatic rings. The Labute approximate surface area is 96.3 Å². The van der Waals surface area contributed by atoms with E-state index in [9.17, 15) is 0 Å². The molecule has 86 valence electrons. The maximum Gasteiger partial charge on any atom is 0.0607 e. The number of aliphatic hydroxyl groups is 1. The molecule has 0 saturated carbocycles. The zero-order chi connectivity index (χ0) is 11.5. The maximum absolute atomic E-state index is 9.16. The molecule has 1 rings (SSSR count). The van der Waals surface area contributed by atoms with Crippen molar-refractivity contribution in [2.24, 2.45) is 0 Å². The number of nitrogens with one attached hydrogen (secondary N) is 1. The highest BCUT2D eigenvalue weighted by Gasteiger charge is 2.25. The van der Waals surface area contributed by atoms with E-state index < -0.39 is 0 Å². The van der Waals surface area contributed by atoms with Crippen LogP contribution in [0.3, 0.4) is 0 Å². The van der Waals surface area contributed by atoms with E-state index in [0.717, 1.165) is 6.54 Å². The molecule has 1 aromatic heterocycles. The molecule has 0 saturated heterocycles. The quantitative estimate of drug-likeness (QED) is 0.809. The molecule has 2 nitrogen and oxygen atoms in total. The van der Waals surface area contributed by atoms with Crippen LogP contribution in [-0.4, -0.2) is 23.8 Å². The summed E-state index contributed by atoms with van der Waals surface area (Å²) < 4.78 is 0. The van der Waals surface area contributed by atoms with Gasteiger partial charge in [-0.15, -0.1) is 11.3 Å². The third-order valence-electron chi connectivity index (χ3n) is 2.59. The normalized spacial score (nSPS) is 13.1. The van der Waals surface area contributed by atoms with Gasteiger partial charge in [-0.1, -0.05) is 19.9 Å². The van der Waals surface area contributed by atoms with Gasteiger partial charge < -0.3 is 10.4 Å². The Bertz CT molecular complexity index is 291. The minimum Gasteiger partial charge on any atom is -0.394 e. The highest BCUT2D eigenvalue weighted by molar-refractivity contribution is 7.10. The van der Waals surface area contributed by atoms with Gasteiger partial charge in [-0.3, -0.25) is 0 Å². The highest BCUT2D eigenvalue weighted by Crippen LogP contribution is 2.27. The predicted molar refractivity (Wildman–Crippen MR) is 66.5 cm³/mol. The lowest BCUT2D eigenvalue weighted by Gasteiger charge is -2.31. The molecular weight excluding hydrogens is 206 g/mol. The second-order valence-electron chi connectivity index (χ2n) is 5.26. The van der Waals surface area contributed by atoms with E-state index in [4.69, 9.17) is 5.11 Å². The van der Waals surface area contributed by atoms with Crippen molar-refractivity contribution in [1.82, 2.24) is 5.32 Å². The second-order valence-corrected chi connectivity index (χ2v) is 6.20. The van der Waals surface area contributed by atoms with E-state index in [2.05, 4.69) is 36.7 Å². The Morgan fingerprint density at radius 2 is 2.00 bits per heavy atom. The Morgan fingerprint density at radius 1 is 1.33 bits per heavy atom. The van der Waals surface area contributed by atoms with Gasteiger partial charge in [0.25, 0.3) is 0 Å². The minimum atomic E-state index is -0.200. The second kappa shape index (κ2) is 4.64. The number of rotatable bonds is 5. The molecule has 0 spiro atoms. The third kappa shape index (κ3) is 3.59. The summed E-state index contributed by atoms with van der Waals surface area (Å²) in [4.78, 5) is 1.38. The van der Waals surface area contributed by atoms with Crippen molar-refractivity contribution >= 4 is 11.3 Å². The van der Waals surface area contributed by atoms with Crippen molar-refractivity contribution < 1.29 is 5.11 Å². The smallest absolute Gasteiger partial charge is 0.0607 e. The van der Waals surface area contributed by atoms with E-state index in [1.165, 1.54) is 4.88 Å². The van der Waals surface area contributed by atoms with Crippen molar-refractivity contribution in [3.05, 3.63) is 22.4 Å². The van der Waals surface area contributed by atoms with Crippen LogP contribution < -0.4 is 5.32 Å². The minimum absolute atomic E-state index is 0.126. The van der Waals surface area contributed by atoms with Crippen molar-refractivity contribution in [3.63, 3.8) is 0 Å². The van der Waals surface area contributed by atoms with E-state index >= 15 is 0 Å². The molecule has 0 unspecified atom stereocenters. The average Bonchev–Trinajstić information content (AvgIpc) is 2.69. The molecule has 2 N–H and O–H groups in total. The highest BCUT2D eigenvalue weighted by atomic mass is 32.1. The van der Waals surface area contributed by atoms with Crippen molar-refractivity contribution in [2.45, 2.75) is 38.6 Å². The van der Waals surface area contributed by atoms with Gasteiger partial charge in [0.2, 0.25) is 0 Å². The summed E-state index contributed by atoms with van der Waals surface area (Å²) in [6.45, 7) is 9.50. The number of aliphatic hydroxyl groups excluding tert-OH is 1. The third-order valence-corrected chi connectivity index (χ3v) is 3.83. The number of hydrogen-bond donors (Lipinski definition) is 2. The molecule has 1 heterocycles. The fourth-order valence-corrected chi connectivity index (χ4v) is 2.12. The van der Waals surface area contributed by atoms with Crippen LogP contribution in [0, 0.1) is 0 Å². The summed E-state index contributed by atoms with van der Waals surface area (Å²) >= 11 is 1.79. The van der Waals surface area contributed by atoms with Crippen LogP contribution in [-0.2, 0) is 5.41 Å². The lowest BCUT2D eigenvalue weighted by molar-refractivity contribution is 0.182. The van der Waals surface area contributed by atoms with Crippen LogP contribution in [0.1, 0.15) is 32.6 Å². The monoisotopic (exact) mass is 227 g/mol. The van der Waals surface area contributed by atoms with Gasteiger partial charge in [0.1, 0.15) is 0 Å². The molecule has 0 radical (unpaired) electrons. The van der Waals surface area contributed by atoms with Gasteiger partial charge in [0, 0.05) is 22.4 Å². The van der Waals surface area contributed by atoms with Gasteiger partial charge in [-0.25, -0.2) is 0 Å². The molecule has 3 heteroatoms. The summed E-state index contributed by atoms with van der Waals surface area (Å²) in [5, 5.41) is 14.7. The van der Waals surface area contributed by atoms with Crippen LogP contribution in [0.15, 0.2) is 17.5 Å². The lowest BCUT2D eigenvalue weighted by Crippen LogP contribution is -2.47. The fourth-order valence-electron chi connectivity index (χ4n) is 1.27. The molecule has 0 atom stereocenters. The van der Waals surface area contributed by atoms with Crippen LogP contribution in [0.4, 0.5) is 0 Å². The van der Waals surface area contributed by atoms with Gasteiger partial charge in [-0.2, -0.15) is 0 Å². The first-order valence-corrected chi connectivity index (χ1v) is 6.15. The molecule has 0 aliphatic rings. The molecule has 0 amide bonds. The van der Waals surface area contributed by atoms with Crippen LogP contribution in [0.2, 0.25) is 0 Å². The zero-order valence-corrected chi connectivity index (χ0v) is 10.8. The van der Waals surface area contributed by atoms with E-state index in [1.807, 2.05) is 13.8 Å². The molecule has 15 heavy (non-hydrogen) atoms. The van der Waals surface area contributed by atoms with Crippen molar-refractivity contribution in [3.8, 4) is 0 Å². The average molecular weight is 227 g/mol. The van der Waals surface area contributed by atoms with Gasteiger partial charge >= 0.3 is 0 Å². The Balaban J connectivity index is 2.58. The van der Waals surface area contributed by atoms with Gasteiger partial charge in [-0.05, 0) is 25.3 Å². The molecule has 0 fully saturated rings. The predicted octanol–water partition coefficient (Wildman–Crippen LogP) is 2.39. The van der Waals surface area contributed by atoms with Crippen molar-refractivity contribution in [1.29, 1.82) is 0 Å². The van der Waals surface area contributed by atoms with Gasteiger partial charge in [0.15, 0.2) is 0 Å². The lowest BCUT2D eigenvalue weighted by atomic mass is 9.90. The summed E-state index contributed by atoms with van der Waals surface area (Å²) in [5.41, 5.74) is -0.0743. The summed E-state index contributed by atoms with van der Waals surface area (Å²) in [6, 6.07) is 4.25. The molecular formula is C12H21NOS. The standard InChI is InChI=1S/C12H21NOS/c1-11(2,10-6-5-7-15-10)8-13-12(3,4)9-14/h5-7,13-14H,8-9H2,1-4H3. The Morgan fingerprint density at radius 3 is 2.47 bits per heavy atom. The van der Waals surface area contributed by atoms with Gasteiger partial charge in [0.05, 0.1) is 6.61 Å². The molecule has 0 aromatic carbocycles. The first-order chi connectivity index (χ1) is 6.87. The summed E-state index contributed by atoms with van der Waals surface area (Å²) in [7, 11) is 0. The SMILES string of the molecule is CC(C)(CO)NCC(C)(C)c1cccs1. The first-order valence-electron chi connectivity index (χ1n) is 5.27. The molecule has 0 bridgehead atoms. The topological polar surface area (TPSA) is 32.3 Å². The zero-order valence-electron chi connectivity index (χ0n) is 10.0. The molecule has 0 aliphatic carbocycles. The summed E-state index contributed by atoms with van der Waals surface area (Å²) in [5.74, 6) is 0. The maximum atomic E-state index is 9.16. The number of hydrogen-bond acceptors (Lipinski definition) is 3. The van der Waals surface area contributed by atoms with E-state index in [-0.39, 0.29) is 17.6 Å². The van der Waals surface area contributed by atoms with E-state index in [1.54, 1.807) is 11.3 Å². The first kappa shape index (κ1) is 12.7. The van der Waals surface area contributed by atoms with Crippen LogP contribution >= 0.6 is 11.3 Å². The van der Waals surface area contributed by atoms with Crippen LogP contribution in [0.5, 0.6) is 0 Å². The number of thiophene rings is 1. The van der Waals surface area contributed by atoms with E-state index in [0.29, 0.717) is 0 Å². The Kier molecular flexibility index (Phi) is 3.93.